The number of nitrogens with zero attached hydrogens (tertiary/aromatic N) is 2. The molecule has 1 aromatic rings. The summed E-state index contributed by atoms with van der Waals surface area (Å²) < 4.78 is 41.2. The number of hydrogen-bond donors (Lipinski definition) is 0. The number of rotatable bonds is 1. The van der Waals surface area contributed by atoms with E-state index in [4.69, 9.17) is 5.26 Å². The van der Waals surface area contributed by atoms with Crippen molar-refractivity contribution in [3.05, 3.63) is 29.1 Å². The van der Waals surface area contributed by atoms with Crippen molar-refractivity contribution >= 4 is 5.97 Å². The first-order valence-electron chi connectivity index (χ1n) is 3.96. The monoisotopic (exact) mass is 230 g/mol. The zero-order chi connectivity index (χ0) is 12.3. The molecule has 0 N–H and O–H groups in total. The van der Waals surface area contributed by atoms with Gasteiger partial charge in [0.05, 0.1) is 12.7 Å². The van der Waals surface area contributed by atoms with Crippen molar-refractivity contribution < 1.29 is 22.7 Å². The molecule has 0 unspecified atom stereocenters. The summed E-state index contributed by atoms with van der Waals surface area (Å²) in [7, 11) is 1.03. The second kappa shape index (κ2) is 4.18. The predicted octanol–water partition coefficient (Wildman–Crippen LogP) is 1.76. The summed E-state index contributed by atoms with van der Waals surface area (Å²) >= 11 is 0. The summed E-state index contributed by atoms with van der Waals surface area (Å²) in [6.07, 6.45) is -4.71. The third-order valence-corrected chi connectivity index (χ3v) is 1.65. The molecule has 0 bridgehead atoms. The first-order valence-corrected chi connectivity index (χ1v) is 3.96. The van der Waals surface area contributed by atoms with Crippen molar-refractivity contribution in [2.45, 2.75) is 6.18 Å². The van der Waals surface area contributed by atoms with E-state index in [-0.39, 0.29) is 5.56 Å². The Morgan fingerprint density at radius 3 is 2.56 bits per heavy atom. The molecular weight excluding hydrogens is 225 g/mol. The average molecular weight is 230 g/mol. The highest BCUT2D eigenvalue weighted by Gasteiger charge is 2.33. The summed E-state index contributed by atoms with van der Waals surface area (Å²) in [5.74, 6) is -0.954. The maximum absolute atomic E-state index is 12.3. The SMILES string of the molecule is COC(=O)c1cc(C#N)nc(C(F)(F)F)c1. The molecule has 1 aromatic heterocycles. The van der Waals surface area contributed by atoms with Gasteiger partial charge in [0.25, 0.3) is 0 Å². The van der Waals surface area contributed by atoms with Crippen LogP contribution in [0.4, 0.5) is 13.2 Å². The predicted molar refractivity (Wildman–Crippen MR) is 45.3 cm³/mol. The number of nitriles is 1. The molecule has 7 heteroatoms. The van der Waals surface area contributed by atoms with Crippen molar-refractivity contribution in [3.63, 3.8) is 0 Å². The van der Waals surface area contributed by atoms with Crippen LogP contribution in [0.3, 0.4) is 0 Å². The highest BCUT2D eigenvalue weighted by Crippen LogP contribution is 2.28. The second-order valence-corrected chi connectivity index (χ2v) is 2.73. The molecule has 0 aliphatic rings. The Morgan fingerprint density at radius 1 is 1.50 bits per heavy atom. The Bertz CT molecular complexity index is 463. The number of esters is 1. The van der Waals surface area contributed by atoms with E-state index in [0.717, 1.165) is 13.2 Å². The van der Waals surface area contributed by atoms with Crippen LogP contribution in [0, 0.1) is 11.3 Å². The number of carbonyl (C=O) groups excluding carboxylic acids is 1. The number of halogens is 3. The fraction of sp³-hybridized carbons (Fsp3) is 0.222. The molecule has 16 heavy (non-hydrogen) atoms. The van der Waals surface area contributed by atoms with Crippen LogP contribution in [0.2, 0.25) is 0 Å². The van der Waals surface area contributed by atoms with E-state index in [9.17, 15) is 18.0 Å². The number of aromatic nitrogens is 1. The number of pyridine rings is 1. The highest BCUT2D eigenvalue weighted by atomic mass is 19.4. The van der Waals surface area contributed by atoms with Gasteiger partial charge in [-0.2, -0.15) is 18.4 Å². The van der Waals surface area contributed by atoms with Crippen LogP contribution in [0.25, 0.3) is 0 Å². The minimum absolute atomic E-state index is 0.360. The van der Waals surface area contributed by atoms with Crippen LogP contribution < -0.4 is 0 Å². The minimum Gasteiger partial charge on any atom is -0.465 e. The maximum atomic E-state index is 12.3. The summed E-state index contributed by atoms with van der Waals surface area (Å²) in [4.78, 5) is 14.1. The third-order valence-electron chi connectivity index (χ3n) is 1.65. The third kappa shape index (κ3) is 2.48. The van der Waals surface area contributed by atoms with Gasteiger partial charge in [-0.05, 0) is 12.1 Å². The van der Waals surface area contributed by atoms with Crippen molar-refractivity contribution in [2.24, 2.45) is 0 Å². The molecule has 1 rings (SSSR count). The zero-order valence-corrected chi connectivity index (χ0v) is 8.00. The van der Waals surface area contributed by atoms with Crippen LogP contribution in [-0.4, -0.2) is 18.1 Å². The van der Waals surface area contributed by atoms with Gasteiger partial charge in [0.1, 0.15) is 17.5 Å². The highest BCUT2D eigenvalue weighted by molar-refractivity contribution is 5.89. The Hall–Kier alpha value is -2.10. The number of methoxy groups -OCH3 is 1. The molecule has 0 radical (unpaired) electrons. The van der Waals surface area contributed by atoms with E-state index in [0.29, 0.717) is 6.07 Å². The standard InChI is InChI=1S/C9H5F3N2O2/c1-16-8(15)5-2-6(4-13)14-7(3-5)9(10,11)12/h2-3H,1H3. The summed E-state index contributed by atoms with van der Waals surface area (Å²) in [6, 6.07) is 2.91. The number of alkyl halides is 3. The van der Waals surface area contributed by atoms with E-state index in [1.54, 1.807) is 0 Å². The van der Waals surface area contributed by atoms with Gasteiger partial charge < -0.3 is 4.74 Å². The van der Waals surface area contributed by atoms with E-state index >= 15 is 0 Å². The molecule has 0 aliphatic carbocycles. The first-order chi connectivity index (χ1) is 7.38. The van der Waals surface area contributed by atoms with E-state index in [2.05, 4.69) is 9.72 Å². The largest absolute Gasteiger partial charge is 0.465 e. The summed E-state index contributed by atoms with van der Waals surface area (Å²) in [6.45, 7) is 0. The van der Waals surface area contributed by atoms with E-state index in [1.807, 2.05) is 0 Å². The molecule has 0 aromatic carbocycles. The van der Waals surface area contributed by atoms with E-state index in [1.165, 1.54) is 6.07 Å². The Balaban J connectivity index is 3.34. The Kier molecular flexibility index (Phi) is 3.13. The normalized spacial score (nSPS) is 10.7. The van der Waals surface area contributed by atoms with Gasteiger partial charge in [0, 0.05) is 0 Å². The lowest BCUT2D eigenvalue weighted by Gasteiger charge is -2.07. The van der Waals surface area contributed by atoms with Crippen LogP contribution in [0.5, 0.6) is 0 Å². The molecule has 4 nitrogen and oxygen atoms in total. The van der Waals surface area contributed by atoms with E-state index < -0.39 is 23.5 Å². The van der Waals surface area contributed by atoms with Crippen molar-refractivity contribution in [1.29, 1.82) is 5.26 Å². The van der Waals surface area contributed by atoms with Crippen LogP contribution in [0.1, 0.15) is 21.7 Å². The van der Waals surface area contributed by atoms with Gasteiger partial charge >= 0.3 is 12.1 Å². The Labute approximate surface area is 88.3 Å². The molecule has 0 saturated carbocycles. The van der Waals surface area contributed by atoms with Gasteiger partial charge in [-0.25, -0.2) is 9.78 Å². The zero-order valence-electron chi connectivity index (χ0n) is 8.00. The molecule has 0 amide bonds. The molecule has 84 valence electrons. The van der Waals surface area contributed by atoms with Gasteiger partial charge in [-0.3, -0.25) is 0 Å². The molecule has 1 heterocycles. The molecular formula is C9H5F3N2O2. The number of carbonyl (C=O) groups is 1. The lowest BCUT2D eigenvalue weighted by Crippen LogP contribution is -2.12. The van der Waals surface area contributed by atoms with Gasteiger partial charge in [0.15, 0.2) is 0 Å². The fourth-order valence-electron chi connectivity index (χ4n) is 0.969. The first kappa shape index (κ1) is 12.0. The van der Waals surface area contributed by atoms with Crippen LogP contribution >= 0.6 is 0 Å². The topological polar surface area (TPSA) is 63.0 Å². The van der Waals surface area contributed by atoms with Crippen LogP contribution in [0.15, 0.2) is 12.1 Å². The number of hydrogen-bond acceptors (Lipinski definition) is 4. The second-order valence-electron chi connectivity index (χ2n) is 2.73. The van der Waals surface area contributed by atoms with Crippen molar-refractivity contribution in [2.75, 3.05) is 7.11 Å². The molecule has 0 aliphatic heterocycles. The minimum atomic E-state index is -4.71. The summed E-state index contributed by atoms with van der Waals surface area (Å²) in [5.41, 5.74) is -2.15. The Morgan fingerprint density at radius 2 is 2.12 bits per heavy atom. The molecule has 0 atom stereocenters. The average Bonchev–Trinajstić information content (AvgIpc) is 2.26. The van der Waals surface area contributed by atoms with Crippen molar-refractivity contribution in [1.82, 2.24) is 4.98 Å². The van der Waals surface area contributed by atoms with Gasteiger partial charge in [-0.1, -0.05) is 0 Å². The molecule has 0 spiro atoms. The quantitative estimate of drug-likeness (QED) is 0.689. The van der Waals surface area contributed by atoms with Gasteiger partial charge in [-0.15, -0.1) is 0 Å². The summed E-state index contributed by atoms with van der Waals surface area (Å²) in [5, 5.41) is 8.47. The fourth-order valence-corrected chi connectivity index (χ4v) is 0.969. The lowest BCUT2D eigenvalue weighted by atomic mass is 10.2. The van der Waals surface area contributed by atoms with Crippen LogP contribution in [-0.2, 0) is 10.9 Å². The maximum Gasteiger partial charge on any atom is 0.433 e. The molecule has 0 saturated heterocycles. The van der Waals surface area contributed by atoms with Gasteiger partial charge in [0.2, 0.25) is 0 Å². The number of ether oxygens (including phenoxy) is 1. The lowest BCUT2D eigenvalue weighted by molar-refractivity contribution is -0.141. The smallest absolute Gasteiger partial charge is 0.433 e. The molecule has 0 fully saturated rings. The van der Waals surface area contributed by atoms with Crippen molar-refractivity contribution in [3.8, 4) is 6.07 Å².